The molecule has 1 aliphatic carbocycles. The molecule has 0 unspecified atom stereocenters. The van der Waals surface area contributed by atoms with E-state index in [9.17, 15) is 9.90 Å². The van der Waals surface area contributed by atoms with Crippen molar-refractivity contribution in [3.05, 3.63) is 52.9 Å². The van der Waals surface area contributed by atoms with Gasteiger partial charge >= 0.3 is 0 Å². The van der Waals surface area contributed by atoms with Crippen LogP contribution in [0.1, 0.15) is 27.9 Å². The van der Waals surface area contributed by atoms with Gasteiger partial charge in [-0.25, -0.2) is 9.97 Å². The minimum Gasteiger partial charge on any atom is -0.508 e. The van der Waals surface area contributed by atoms with E-state index < -0.39 is 0 Å². The average molecular weight is 267 g/mol. The minimum atomic E-state index is -0.0565. The van der Waals surface area contributed by atoms with E-state index in [1.54, 1.807) is 36.7 Å². The van der Waals surface area contributed by atoms with E-state index in [1.807, 2.05) is 0 Å². The lowest BCUT2D eigenvalue weighted by Crippen LogP contribution is -2.14. The number of hydrogen-bond acceptors (Lipinski definition) is 5. The number of Topliss-reactive ketones (excluding diaryl/α,β-unsaturated/α-hetero) is 1. The topological polar surface area (TPSA) is 89.1 Å². The lowest BCUT2D eigenvalue weighted by molar-refractivity contribution is 0.102. The molecule has 0 saturated heterocycles. The van der Waals surface area contributed by atoms with E-state index in [0.717, 1.165) is 11.1 Å². The van der Waals surface area contributed by atoms with Crippen molar-refractivity contribution in [3.63, 3.8) is 0 Å². The molecule has 1 aliphatic rings. The lowest BCUT2D eigenvalue weighted by Gasteiger charge is -2.18. The third-order valence-electron chi connectivity index (χ3n) is 3.36. The summed E-state index contributed by atoms with van der Waals surface area (Å²) in [6.45, 7) is 0. The maximum Gasteiger partial charge on any atom is 0.219 e. The zero-order valence-corrected chi connectivity index (χ0v) is 10.7. The molecule has 0 spiro atoms. The van der Waals surface area contributed by atoms with E-state index in [0.29, 0.717) is 24.0 Å². The number of nitrogens with two attached hydrogens (primary N) is 1. The van der Waals surface area contributed by atoms with Gasteiger partial charge in [0.25, 0.3) is 0 Å². The molecule has 0 saturated carbocycles. The van der Waals surface area contributed by atoms with Gasteiger partial charge in [0.2, 0.25) is 5.95 Å². The van der Waals surface area contributed by atoms with Gasteiger partial charge in [0.1, 0.15) is 5.75 Å². The van der Waals surface area contributed by atoms with Crippen LogP contribution in [0.25, 0.3) is 6.08 Å². The Hall–Kier alpha value is -2.69. The summed E-state index contributed by atoms with van der Waals surface area (Å²) in [5.41, 5.74) is 8.16. The number of carbonyl (C=O) groups excluding carboxylic acids is 1. The number of nitrogens with zero attached hydrogens (tertiary/aromatic N) is 2. The van der Waals surface area contributed by atoms with Crippen molar-refractivity contribution in [3.8, 4) is 5.75 Å². The van der Waals surface area contributed by atoms with Crippen LogP contribution in [-0.4, -0.2) is 20.9 Å². The molecule has 2 aromatic rings. The molecule has 20 heavy (non-hydrogen) atoms. The molecular weight excluding hydrogens is 254 g/mol. The molecule has 3 rings (SSSR count). The van der Waals surface area contributed by atoms with Crippen LogP contribution in [0.3, 0.4) is 0 Å². The molecule has 0 bridgehead atoms. The fourth-order valence-corrected chi connectivity index (χ4v) is 2.36. The first kappa shape index (κ1) is 12.3. The third kappa shape index (κ3) is 2.14. The van der Waals surface area contributed by atoms with Crippen molar-refractivity contribution in [2.75, 3.05) is 5.73 Å². The molecule has 0 radical (unpaired) electrons. The number of ketones is 1. The fraction of sp³-hybridized carbons (Fsp3) is 0.133. The second-order valence-electron chi connectivity index (χ2n) is 4.68. The van der Waals surface area contributed by atoms with Crippen molar-refractivity contribution in [1.29, 1.82) is 0 Å². The second kappa shape index (κ2) is 4.77. The number of hydrogen-bond donors (Lipinski definition) is 2. The number of aromatic hydroxyl groups is 1. The van der Waals surface area contributed by atoms with Crippen molar-refractivity contribution < 1.29 is 9.90 Å². The van der Waals surface area contributed by atoms with Crippen LogP contribution >= 0.6 is 0 Å². The summed E-state index contributed by atoms with van der Waals surface area (Å²) < 4.78 is 0. The number of allylic oxidation sites excluding steroid dienone is 1. The van der Waals surface area contributed by atoms with Gasteiger partial charge in [-0.3, -0.25) is 4.79 Å². The zero-order valence-electron chi connectivity index (χ0n) is 10.7. The molecular formula is C15H13N3O2. The molecule has 0 fully saturated rings. The van der Waals surface area contributed by atoms with Crippen LogP contribution in [0.4, 0.5) is 5.95 Å². The number of phenolic OH excluding ortho intramolecular Hbond substituents is 1. The molecule has 5 heteroatoms. The van der Waals surface area contributed by atoms with Gasteiger partial charge in [-0.05, 0) is 25.0 Å². The van der Waals surface area contributed by atoms with E-state index in [2.05, 4.69) is 9.97 Å². The molecule has 0 amide bonds. The summed E-state index contributed by atoms with van der Waals surface area (Å²) in [5.74, 6) is 0.335. The highest BCUT2D eigenvalue weighted by Gasteiger charge is 2.23. The first-order valence-corrected chi connectivity index (χ1v) is 6.29. The van der Waals surface area contributed by atoms with Crippen LogP contribution in [0.15, 0.2) is 36.2 Å². The molecule has 100 valence electrons. The smallest absolute Gasteiger partial charge is 0.219 e. The van der Waals surface area contributed by atoms with Gasteiger partial charge < -0.3 is 10.8 Å². The van der Waals surface area contributed by atoms with Crippen LogP contribution in [-0.2, 0) is 6.42 Å². The summed E-state index contributed by atoms with van der Waals surface area (Å²) in [7, 11) is 0. The highest BCUT2D eigenvalue weighted by Crippen LogP contribution is 2.31. The summed E-state index contributed by atoms with van der Waals surface area (Å²) in [5, 5.41) is 9.78. The van der Waals surface area contributed by atoms with Gasteiger partial charge in [-0.1, -0.05) is 12.1 Å². The van der Waals surface area contributed by atoms with Gasteiger partial charge in [-0.2, -0.15) is 0 Å². The number of fused-ring (bicyclic) bond motifs is 1. The maximum atomic E-state index is 12.4. The highest BCUT2D eigenvalue weighted by molar-refractivity contribution is 6.13. The van der Waals surface area contributed by atoms with Crippen molar-refractivity contribution in [2.24, 2.45) is 0 Å². The molecule has 5 nitrogen and oxygen atoms in total. The highest BCUT2D eigenvalue weighted by atomic mass is 16.3. The van der Waals surface area contributed by atoms with Crippen LogP contribution in [0.2, 0.25) is 0 Å². The predicted molar refractivity (Wildman–Crippen MR) is 75.2 cm³/mol. The summed E-state index contributed by atoms with van der Waals surface area (Å²) in [4.78, 5) is 20.2. The van der Waals surface area contributed by atoms with E-state index in [-0.39, 0.29) is 17.5 Å². The normalized spacial score (nSPS) is 16.2. The number of benzene rings is 1. The quantitative estimate of drug-likeness (QED) is 0.771. The Kier molecular flexibility index (Phi) is 2.95. The number of anilines is 1. The van der Waals surface area contributed by atoms with Gasteiger partial charge in [0.05, 0.1) is 0 Å². The zero-order chi connectivity index (χ0) is 14.1. The van der Waals surface area contributed by atoms with Crippen LogP contribution < -0.4 is 5.73 Å². The first-order valence-electron chi connectivity index (χ1n) is 6.29. The van der Waals surface area contributed by atoms with Crippen LogP contribution in [0, 0.1) is 0 Å². The largest absolute Gasteiger partial charge is 0.508 e. The molecule has 1 aromatic carbocycles. The number of phenols is 1. The summed E-state index contributed by atoms with van der Waals surface area (Å²) in [6.07, 6.45) is 6.18. The standard InChI is InChI=1S/C15H13N3O2/c16-15-17-7-9(8-18-15)6-10-4-5-11-12(14(10)20)2-1-3-13(11)19/h1-3,6-8,19H,4-5H2,(H2,16,17,18)/b10-6+. The monoisotopic (exact) mass is 267 g/mol. The Morgan fingerprint density at radius 1 is 1.20 bits per heavy atom. The Labute approximate surface area is 115 Å². The molecule has 1 heterocycles. The Balaban J connectivity index is 1.98. The number of rotatable bonds is 1. The van der Waals surface area contributed by atoms with Gasteiger partial charge in [0, 0.05) is 34.7 Å². The van der Waals surface area contributed by atoms with Crippen LogP contribution in [0.5, 0.6) is 5.75 Å². The number of nitrogen functional groups attached to an aromatic ring is 1. The molecule has 3 N–H and O–H groups in total. The lowest BCUT2D eigenvalue weighted by atomic mass is 9.85. The Bertz CT molecular complexity index is 706. The number of aromatic nitrogens is 2. The number of carbonyl (C=O) groups is 1. The second-order valence-corrected chi connectivity index (χ2v) is 4.68. The molecule has 0 aliphatic heterocycles. The third-order valence-corrected chi connectivity index (χ3v) is 3.36. The Morgan fingerprint density at radius 3 is 2.70 bits per heavy atom. The van der Waals surface area contributed by atoms with E-state index in [1.165, 1.54) is 0 Å². The maximum absolute atomic E-state index is 12.4. The molecule has 1 aromatic heterocycles. The predicted octanol–water partition coefficient (Wildman–Crippen LogP) is 1.98. The van der Waals surface area contributed by atoms with E-state index >= 15 is 0 Å². The summed E-state index contributed by atoms with van der Waals surface area (Å²) >= 11 is 0. The van der Waals surface area contributed by atoms with Gasteiger partial charge in [-0.15, -0.1) is 0 Å². The Morgan fingerprint density at radius 2 is 1.95 bits per heavy atom. The minimum absolute atomic E-state index is 0.0565. The SMILES string of the molecule is Nc1ncc(/C=C2\CCc3c(O)cccc3C2=O)cn1. The molecule has 0 atom stereocenters. The van der Waals surface area contributed by atoms with Crippen molar-refractivity contribution >= 4 is 17.8 Å². The first-order chi connectivity index (χ1) is 9.65. The van der Waals surface area contributed by atoms with E-state index in [4.69, 9.17) is 5.73 Å². The van der Waals surface area contributed by atoms with Gasteiger partial charge in [0.15, 0.2) is 5.78 Å². The fourth-order valence-electron chi connectivity index (χ4n) is 2.36. The average Bonchev–Trinajstić information content (AvgIpc) is 2.45. The van der Waals surface area contributed by atoms with Crippen molar-refractivity contribution in [2.45, 2.75) is 12.8 Å². The summed E-state index contributed by atoms with van der Waals surface area (Å²) in [6, 6.07) is 5.03. The van der Waals surface area contributed by atoms with Crippen molar-refractivity contribution in [1.82, 2.24) is 9.97 Å².